The number of fused-ring (bicyclic) bond motifs is 1. The molecular weight excluding hydrogens is 311 g/mol. The van der Waals surface area contributed by atoms with Crippen molar-refractivity contribution in [1.29, 1.82) is 0 Å². The second-order valence-electron chi connectivity index (χ2n) is 6.10. The van der Waals surface area contributed by atoms with Crippen molar-refractivity contribution in [3.8, 4) is 0 Å². The van der Waals surface area contributed by atoms with Gasteiger partial charge in [0.25, 0.3) is 0 Å². The van der Waals surface area contributed by atoms with Crippen LogP contribution in [0.1, 0.15) is 24.8 Å². The topological polar surface area (TPSA) is 66.5 Å². The Morgan fingerprint density at radius 2 is 1.75 bits per heavy atom. The van der Waals surface area contributed by atoms with Crippen molar-refractivity contribution < 1.29 is 18.8 Å². The first-order valence-electron chi connectivity index (χ1n) is 8.08. The fourth-order valence-electron chi connectivity index (χ4n) is 3.23. The van der Waals surface area contributed by atoms with Gasteiger partial charge in [-0.25, -0.2) is 4.39 Å². The SMILES string of the molecule is O=C(CCN1C(=O)[C@@H]2CC=CC[C@H]2C1=O)NCc1ccccc1F. The highest BCUT2D eigenvalue weighted by molar-refractivity contribution is 6.05. The third-order valence-electron chi connectivity index (χ3n) is 4.60. The van der Waals surface area contributed by atoms with Gasteiger partial charge in [0.2, 0.25) is 17.7 Å². The average molecular weight is 330 g/mol. The molecule has 1 saturated heterocycles. The lowest BCUT2D eigenvalue weighted by molar-refractivity contribution is -0.140. The molecule has 2 aliphatic rings. The molecule has 1 aromatic carbocycles. The predicted molar refractivity (Wildman–Crippen MR) is 84.9 cm³/mol. The summed E-state index contributed by atoms with van der Waals surface area (Å²) in [6, 6.07) is 6.21. The summed E-state index contributed by atoms with van der Waals surface area (Å²) in [7, 11) is 0. The van der Waals surface area contributed by atoms with Crippen molar-refractivity contribution >= 4 is 17.7 Å². The quantitative estimate of drug-likeness (QED) is 0.661. The molecule has 1 fully saturated rings. The van der Waals surface area contributed by atoms with E-state index in [9.17, 15) is 18.8 Å². The van der Waals surface area contributed by atoms with Crippen molar-refractivity contribution in [3.05, 3.63) is 47.8 Å². The minimum Gasteiger partial charge on any atom is -0.352 e. The zero-order chi connectivity index (χ0) is 17.1. The van der Waals surface area contributed by atoms with Crippen LogP contribution in [0.25, 0.3) is 0 Å². The first-order valence-corrected chi connectivity index (χ1v) is 8.08. The number of allylic oxidation sites excluding steroid dienone is 2. The monoisotopic (exact) mass is 330 g/mol. The van der Waals surface area contributed by atoms with Gasteiger partial charge in [0.1, 0.15) is 5.82 Å². The van der Waals surface area contributed by atoms with E-state index in [-0.39, 0.29) is 54.9 Å². The van der Waals surface area contributed by atoms with Crippen molar-refractivity contribution in [2.24, 2.45) is 11.8 Å². The Morgan fingerprint density at radius 3 is 2.38 bits per heavy atom. The van der Waals surface area contributed by atoms with Crippen LogP contribution in [-0.4, -0.2) is 29.2 Å². The Kier molecular flexibility index (Phi) is 4.74. The van der Waals surface area contributed by atoms with Gasteiger partial charge >= 0.3 is 0 Å². The number of hydrogen-bond acceptors (Lipinski definition) is 3. The van der Waals surface area contributed by atoms with E-state index in [1.165, 1.54) is 11.0 Å². The summed E-state index contributed by atoms with van der Waals surface area (Å²) in [5.74, 6) is -1.61. The second-order valence-corrected chi connectivity index (χ2v) is 6.10. The predicted octanol–water partition coefficient (Wildman–Crippen LogP) is 1.78. The molecule has 1 N–H and O–H groups in total. The molecule has 3 amide bonds. The summed E-state index contributed by atoms with van der Waals surface area (Å²) < 4.78 is 13.5. The highest BCUT2D eigenvalue weighted by atomic mass is 19.1. The lowest BCUT2D eigenvalue weighted by Crippen LogP contribution is -2.35. The second kappa shape index (κ2) is 6.95. The molecule has 0 spiro atoms. The molecule has 1 heterocycles. The van der Waals surface area contributed by atoms with Gasteiger partial charge in [-0.05, 0) is 18.9 Å². The minimum atomic E-state index is -0.376. The molecule has 3 rings (SSSR count). The number of amides is 3. The fraction of sp³-hybridized carbons (Fsp3) is 0.389. The smallest absolute Gasteiger partial charge is 0.233 e. The van der Waals surface area contributed by atoms with E-state index in [1.54, 1.807) is 18.2 Å². The first-order chi connectivity index (χ1) is 11.6. The van der Waals surface area contributed by atoms with Crippen LogP contribution >= 0.6 is 0 Å². The number of imide groups is 1. The number of rotatable bonds is 5. The van der Waals surface area contributed by atoms with Crippen LogP contribution < -0.4 is 5.32 Å². The maximum atomic E-state index is 13.5. The number of nitrogens with zero attached hydrogens (tertiary/aromatic N) is 1. The van der Waals surface area contributed by atoms with Crippen LogP contribution in [0.4, 0.5) is 4.39 Å². The van der Waals surface area contributed by atoms with Crippen LogP contribution in [-0.2, 0) is 20.9 Å². The van der Waals surface area contributed by atoms with Gasteiger partial charge in [-0.1, -0.05) is 30.4 Å². The molecule has 0 radical (unpaired) electrons. The molecule has 5 nitrogen and oxygen atoms in total. The highest BCUT2D eigenvalue weighted by Gasteiger charge is 2.46. The zero-order valence-corrected chi connectivity index (χ0v) is 13.2. The van der Waals surface area contributed by atoms with Crippen LogP contribution in [0.5, 0.6) is 0 Å². The summed E-state index contributed by atoms with van der Waals surface area (Å²) in [4.78, 5) is 37.7. The van der Waals surface area contributed by atoms with E-state index in [4.69, 9.17) is 0 Å². The maximum absolute atomic E-state index is 13.5. The summed E-state index contributed by atoms with van der Waals surface area (Å²) in [5.41, 5.74) is 0.399. The standard InChI is InChI=1S/C18H19FN2O3/c19-15-8-4-1-5-12(15)11-20-16(22)9-10-21-17(23)13-6-2-3-7-14(13)18(21)24/h1-5,8,13-14H,6-7,9-11H2,(H,20,22)/t13-,14-/m1/s1. The van der Waals surface area contributed by atoms with E-state index in [1.807, 2.05) is 12.2 Å². The van der Waals surface area contributed by atoms with E-state index in [0.717, 1.165) is 0 Å². The minimum absolute atomic E-state index is 0.0266. The molecule has 2 atom stereocenters. The number of nitrogens with one attached hydrogen (secondary N) is 1. The van der Waals surface area contributed by atoms with Crippen LogP contribution in [0, 0.1) is 17.7 Å². The van der Waals surface area contributed by atoms with Gasteiger partial charge in [0.05, 0.1) is 11.8 Å². The molecule has 1 aliphatic carbocycles. The van der Waals surface area contributed by atoms with Gasteiger partial charge in [0.15, 0.2) is 0 Å². The average Bonchev–Trinajstić information content (AvgIpc) is 2.84. The highest BCUT2D eigenvalue weighted by Crippen LogP contribution is 2.34. The largest absolute Gasteiger partial charge is 0.352 e. The molecule has 0 unspecified atom stereocenters. The molecule has 1 aliphatic heterocycles. The fourth-order valence-corrected chi connectivity index (χ4v) is 3.23. The molecule has 126 valence electrons. The summed E-state index contributed by atoms with van der Waals surface area (Å²) in [6.45, 7) is 0.163. The lowest BCUT2D eigenvalue weighted by atomic mass is 9.85. The molecule has 24 heavy (non-hydrogen) atoms. The number of hydrogen-bond donors (Lipinski definition) is 1. The van der Waals surface area contributed by atoms with Gasteiger partial charge < -0.3 is 5.32 Å². The Morgan fingerprint density at radius 1 is 1.12 bits per heavy atom. The maximum Gasteiger partial charge on any atom is 0.233 e. The van der Waals surface area contributed by atoms with Gasteiger partial charge in [-0.2, -0.15) is 0 Å². The normalized spacial score (nSPS) is 22.6. The van der Waals surface area contributed by atoms with Crippen LogP contribution in [0.15, 0.2) is 36.4 Å². The van der Waals surface area contributed by atoms with Crippen LogP contribution in [0.2, 0.25) is 0 Å². The van der Waals surface area contributed by atoms with Crippen LogP contribution in [0.3, 0.4) is 0 Å². The van der Waals surface area contributed by atoms with E-state index in [2.05, 4.69) is 5.32 Å². The lowest BCUT2D eigenvalue weighted by Gasteiger charge is -2.14. The molecule has 1 aromatic rings. The van der Waals surface area contributed by atoms with Crippen molar-refractivity contribution in [1.82, 2.24) is 10.2 Å². The first kappa shape index (κ1) is 16.4. The Labute approximate surface area is 139 Å². The number of carbonyl (C=O) groups excluding carboxylic acids is 3. The number of halogens is 1. The molecule has 0 bridgehead atoms. The number of likely N-dealkylation sites (tertiary alicyclic amines) is 1. The Hall–Kier alpha value is -2.50. The van der Waals surface area contributed by atoms with E-state index < -0.39 is 0 Å². The Balaban J connectivity index is 1.51. The molecule has 0 saturated carbocycles. The summed E-state index contributed by atoms with van der Waals surface area (Å²) in [6.07, 6.45) is 5.06. The molecular formula is C18H19FN2O3. The molecule has 6 heteroatoms. The van der Waals surface area contributed by atoms with E-state index in [0.29, 0.717) is 18.4 Å². The third-order valence-corrected chi connectivity index (χ3v) is 4.60. The summed E-state index contributed by atoms with van der Waals surface area (Å²) >= 11 is 0. The van der Waals surface area contributed by atoms with E-state index >= 15 is 0 Å². The van der Waals surface area contributed by atoms with Crippen molar-refractivity contribution in [2.45, 2.75) is 25.8 Å². The molecule has 0 aromatic heterocycles. The number of benzene rings is 1. The van der Waals surface area contributed by atoms with Crippen molar-refractivity contribution in [2.75, 3.05) is 6.54 Å². The Bertz CT molecular complexity index is 675. The number of carbonyl (C=O) groups is 3. The zero-order valence-electron chi connectivity index (χ0n) is 13.2. The summed E-state index contributed by atoms with van der Waals surface area (Å²) in [5, 5.41) is 2.62. The van der Waals surface area contributed by atoms with Crippen molar-refractivity contribution in [3.63, 3.8) is 0 Å². The van der Waals surface area contributed by atoms with Gasteiger partial charge in [-0.3, -0.25) is 19.3 Å². The third kappa shape index (κ3) is 3.22. The van der Waals surface area contributed by atoms with Gasteiger partial charge in [0, 0.05) is 25.1 Å². The van der Waals surface area contributed by atoms with Gasteiger partial charge in [-0.15, -0.1) is 0 Å².